The Balaban J connectivity index is 2.01. The Bertz CT molecular complexity index is 803. The number of nitrogens with one attached hydrogen (secondary N) is 3. The van der Waals surface area contributed by atoms with Gasteiger partial charge in [0, 0.05) is 32.2 Å². The molecular weight excluding hydrogens is 422 g/mol. The minimum atomic E-state index is -0.665. The number of methoxy groups -OCH3 is 1. The van der Waals surface area contributed by atoms with Crippen LogP contribution in [0.3, 0.4) is 0 Å². The summed E-state index contributed by atoms with van der Waals surface area (Å²) in [5.41, 5.74) is 0.532. The lowest BCUT2D eigenvalue weighted by molar-refractivity contribution is -0.136. The largest absolute Gasteiger partial charge is 0.495 e. The number of nitrogens with zero attached hydrogens (tertiary/aromatic N) is 2. The number of unbranched alkanes of at least 4 members (excludes halogenated alkanes) is 1. The van der Waals surface area contributed by atoms with Crippen LogP contribution in [-0.4, -0.2) is 73.1 Å². The molecule has 1 aliphatic heterocycles. The number of amides is 5. The van der Waals surface area contributed by atoms with E-state index in [0.29, 0.717) is 37.6 Å². The number of rotatable bonds is 9. The van der Waals surface area contributed by atoms with Gasteiger partial charge in [-0.25, -0.2) is 9.59 Å². The van der Waals surface area contributed by atoms with Crippen molar-refractivity contribution in [1.29, 1.82) is 0 Å². The first-order valence-corrected chi connectivity index (χ1v) is 11.9. The number of hydrogen-bond acceptors (Lipinski definition) is 4. The van der Waals surface area contributed by atoms with Gasteiger partial charge in [-0.2, -0.15) is 0 Å². The fourth-order valence-corrected chi connectivity index (χ4v) is 3.86. The van der Waals surface area contributed by atoms with Crippen LogP contribution in [0.2, 0.25) is 0 Å². The summed E-state index contributed by atoms with van der Waals surface area (Å²) < 4.78 is 5.28. The van der Waals surface area contributed by atoms with Crippen LogP contribution in [0.25, 0.3) is 0 Å². The SMILES string of the molecule is CCCCNC(=O)N1CCN(C(=O)C(NC(=O)Nc2ccccc2OC)C(C)CC)CC1C. The molecule has 1 aromatic carbocycles. The summed E-state index contributed by atoms with van der Waals surface area (Å²) in [4.78, 5) is 42.1. The van der Waals surface area contributed by atoms with E-state index < -0.39 is 12.1 Å². The Morgan fingerprint density at radius 1 is 1.18 bits per heavy atom. The maximum absolute atomic E-state index is 13.4. The Morgan fingerprint density at radius 3 is 2.55 bits per heavy atom. The fraction of sp³-hybridized carbons (Fsp3) is 0.625. The molecule has 1 aliphatic rings. The van der Waals surface area contributed by atoms with Crippen LogP contribution in [0.5, 0.6) is 5.75 Å². The number of para-hydroxylation sites is 2. The minimum Gasteiger partial charge on any atom is -0.495 e. The summed E-state index contributed by atoms with van der Waals surface area (Å²) in [5, 5.41) is 8.58. The van der Waals surface area contributed by atoms with Crippen LogP contribution >= 0.6 is 0 Å². The first-order chi connectivity index (χ1) is 15.8. The van der Waals surface area contributed by atoms with Crippen LogP contribution in [-0.2, 0) is 4.79 Å². The van der Waals surface area contributed by atoms with E-state index >= 15 is 0 Å². The molecule has 2 rings (SSSR count). The molecule has 33 heavy (non-hydrogen) atoms. The van der Waals surface area contributed by atoms with Crippen LogP contribution in [0.15, 0.2) is 24.3 Å². The Kier molecular flexibility index (Phi) is 10.3. The van der Waals surface area contributed by atoms with E-state index in [9.17, 15) is 14.4 Å². The van der Waals surface area contributed by atoms with Gasteiger partial charge in [-0.15, -0.1) is 0 Å². The molecule has 1 saturated heterocycles. The lowest BCUT2D eigenvalue weighted by Gasteiger charge is -2.41. The van der Waals surface area contributed by atoms with Crippen molar-refractivity contribution >= 4 is 23.7 Å². The third kappa shape index (κ3) is 7.27. The van der Waals surface area contributed by atoms with Gasteiger partial charge in [0.1, 0.15) is 11.8 Å². The van der Waals surface area contributed by atoms with Gasteiger partial charge in [0.2, 0.25) is 5.91 Å². The van der Waals surface area contributed by atoms with Gasteiger partial charge in [-0.3, -0.25) is 4.79 Å². The average Bonchev–Trinajstić information content (AvgIpc) is 2.81. The number of carbonyl (C=O) groups is 3. The van der Waals surface area contributed by atoms with Gasteiger partial charge in [-0.05, 0) is 31.4 Å². The van der Waals surface area contributed by atoms with Crippen molar-refractivity contribution < 1.29 is 19.1 Å². The van der Waals surface area contributed by atoms with Crippen LogP contribution in [0.4, 0.5) is 15.3 Å². The predicted octanol–water partition coefficient (Wildman–Crippen LogP) is 3.27. The molecule has 0 aromatic heterocycles. The number of piperazine rings is 1. The molecular formula is C24H39N5O4. The summed E-state index contributed by atoms with van der Waals surface area (Å²) in [6.45, 7) is 9.96. The molecule has 1 aromatic rings. The quantitative estimate of drug-likeness (QED) is 0.491. The van der Waals surface area contributed by atoms with E-state index in [1.54, 1.807) is 28.0 Å². The van der Waals surface area contributed by atoms with Gasteiger partial charge in [-0.1, -0.05) is 45.7 Å². The molecule has 0 saturated carbocycles. The molecule has 0 bridgehead atoms. The zero-order valence-corrected chi connectivity index (χ0v) is 20.5. The van der Waals surface area contributed by atoms with E-state index in [0.717, 1.165) is 19.3 Å². The zero-order valence-electron chi connectivity index (χ0n) is 20.5. The number of benzene rings is 1. The maximum Gasteiger partial charge on any atom is 0.320 e. The first-order valence-electron chi connectivity index (χ1n) is 11.9. The molecule has 184 valence electrons. The Labute approximate surface area is 197 Å². The highest BCUT2D eigenvalue weighted by Crippen LogP contribution is 2.23. The first kappa shape index (κ1) is 26.3. The molecule has 0 radical (unpaired) electrons. The number of anilines is 1. The van der Waals surface area contributed by atoms with E-state index in [-0.39, 0.29) is 23.9 Å². The lowest BCUT2D eigenvalue weighted by Crippen LogP contribution is -2.61. The second kappa shape index (κ2) is 12.9. The molecule has 1 fully saturated rings. The number of carbonyl (C=O) groups excluding carboxylic acids is 3. The summed E-state index contributed by atoms with van der Waals surface area (Å²) in [5.74, 6) is 0.366. The average molecular weight is 462 g/mol. The van der Waals surface area contributed by atoms with E-state index in [2.05, 4.69) is 22.9 Å². The summed E-state index contributed by atoms with van der Waals surface area (Å²) >= 11 is 0. The standard InChI is InChI=1S/C24H39N5O4/c1-6-8-13-25-24(32)29-15-14-28(16-18(29)4)22(30)21(17(3)7-2)27-23(31)26-19-11-9-10-12-20(19)33-5/h9-12,17-18,21H,6-8,13-16H2,1-5H3,(H,25,32)(H2,26,27,31). The Morgan fingerprint density at radius 2 is 1.91 bits per heavy atom. The highest BCUT2D eigenvalue weighted by molar-refractivity contribution is 5.95. The minimum absolute atomic E-state index is 0.0494. The topological polar surface area (TPSA) is 103 Å². The van der Waals surface area contributed by atoms with Gasteiger partial charge in [0.25, 0.3) is 0 Å². The number of hydrogen-bond donors (Lipinski definition) is 3. The van der Waals surface area contributed by atoms with E-state index in [4.69, 9.17) is 4.74 Å². The van der Waals surface area contributed by atoms with E-state index in [1.165, 1.54) is 7.11 Å². The van der Waals surface area contributed by atoms with Crippen LogP contribution < -0.4 is 20.7 Å². The number of urea groups is 2. The molecule has 3 N–H and O–H groups in total. The second-order valence-electron chi connectivity index (χ2n) is 8.57. The van der Waals surface area contributed by atoms with Crippen molar-refractivity contribution in [3.05, 3.63) is 24.3 Å². The zero-order chi connectivity index (χ0) is 24.4. The molecule has 0 aliphatic carbocycles. The van der Waals surface area contributed by atoms with Gasteiger partial charge in [0.05, 0.1) is 12.8 Å². The molecule has 1 heterocycles. The molecule has 5 amide bonds. The smallest absolute Gasteiger partial charge is 0.320 e. The highest BCUT2D eigenvalue weighted by atomic mass is 16.5. The molecule has 3 unspecified atom stereocenters. The van der Waals surface area contributed by atoms with Crippen LogP contribution in [0.1, 0.15) is 47.0 Å². The third-order valence-corrected chi connectivity index (χ3v) is 6.13. The van der Waals surface area contributed by atoms with Crippen molar-refractivity contribution in [3.63, 3.8) is 0 Å². The van der Waals surface area contributed by atoms with E-state index in [1.807, 2.05) is 26.8 Å². The fourth-order valence-electron chi connectivity index (χ4n) is 3.86. The van der Waals surface area contributed by atoms with Gasteiger partial charge < -0.3 is 30.5 Å². The monoisotopic (exact) mass is 461 g/mol. The van der Waals surface area contributed by atoms with Crippen molar-refractivity contribution in [2.45, 2.75) is 59.0 Å². The van der Waals surface area contributed by atoms with Crippen molar-refractivity contribution in [2.75, 3.05) is 38.6 Å². The maximum atomic E-state index is 13.4. The van der Waals surface area contributed by atoms with Gasteiger partial charge >= 0.3 is 12.1 Å². The predicted molar refractivity (Wildman–Crippen MR) is 129 cm³/mol. The second-order valence-corrected chi connectivity index (χ2v) is 8.57. The summed E-state index contributed by atoms with van der Waals surface area (Å²) in [6, 6.07) is 5.80. The molecule has 9 heteroatoms. The summed E-state index contributed by atoms with van der Waals surface area (Å²) in [6.07, 6.45) is 2.70. The highest BCUT2D eigenvalue weighted by Gasteiger charge is 2.35. The summed E-state index contributed by atoms with van der Waals surface area (Å²) in [7, 11) is 1.54. The Hall–Kier alpha value is -2.97. The molecule has 0 spiro atoms. The van der Waals surface area contributed by atoms with Crippen LogP contribution in [0, 0.1) is 5.92 Å². The third-order valence-electron chi connectivity index (χ3n) is 6.13. The normalized spacial score (nSPS) is 17.7. The number of ether oxygens (including phenoxy) is 1. The van der Waals surface area contributed by atoms with Crippen molar-refractivity contribution in [1.82, 2.24) is 20.4 Å². The van der Waals surface area contributed by atoms with Gasteiger partial charge in [0.15, 0.2) is 0 Å². The van der Waals surface area contributed by atoms with Crippen molar-refractivity contribution in [2.24, 2.45) is 5.92 Å². The molecule has 3 atom stereocenters. The lowest BCUT2D eigenvalue weighted by atomic mass is 9.97. The molecule has 9 nitrogen and oxygen atoms in total. The van der Waals surface area contributed by atoms with Crippen molar-refractivity contribution in [3.8, 4) is 5.75 Å².